The number of hydrogen-bond acceptors (Lipinski definition) is 2. The van der Waals surface area contributed by atoms with Gasteiger partial charge < -0.3 is 10.6 Å². The van der Waals surface area contributed by atoms with Crippen LogP contribution >= 0.6 is 0 Å². The van der Waals surface area contributed by atoms with Crippen molar-refractivity contribution in [3.8, 4) is 0 Å². The lowest BCUT2D eigenvalue weighted by Gasteiger charge is -2.07. The SMILES string of the molecule is CCc1ccc(NC(=O)C(=O)NCCc2cccc(C)c2)cc1. The molecule has 4 nitrogen and oxygen atoms in total. The van der Waals surface area contributed by atoms with Gasteiger partial charge in [0.15, 0.2) is 0 Å². The zero-order valence-corrected chi connectivity index (χ0v) is 13.6. The molecule has 0 saturated heterocycles. The van der Waals surface area contributed by atoms with Crippen LogP contribution in [0.4, 0.5) is 5.69 Å². The van der Waals surface area contributed by atoms with Crippen molar-refractivity contribution in [1.82, 2.24) is 5.32 Å². The number of amides is 2. The summed E-state index contributed by atoms with van der Waals surface area (Å²) < 4.78 is 0. The minimum Gasteiger partial charge on any atom is -0.347 e. The summed E-state index contributed by atoms with van der Waals surface area (Å²) in [7, 11) is 0. The summed E-state index contributed by atoms with van der Waals surface area (Å²) in [5, 5.41) is 5.24. The zero-order valence-electron chi connectivity index (χ0n) is 13.6. The minimum atomic E-state index is -0.640. The highest BCUT2D eigenvalue weighted by Crippen LogP contribution is 2.09. The van der Waals surface area contributed by atoms with Crippen molar-refractivity contribution < 1.29 is 9.59 Å². The molecule has 0 spiro atoms. The quantitative estimate of drug-likeness (QED) is 0.834. The third-order valence-electron chi connectivity index (χ3n) is 3.61. The summed E-state index contributed by atoms with van der Waals surface area (Å²) in [5.74, 6) is -1.25. The number of anilines is 1. The van der Waals surface area contributed by atoms with E-state index in [1.165, 1.54) is 11.1 Å². The summed E-state index contributed by atoms with van der Waals surface area (Å²) in [6, 6.07) is 15.6. The molecule has 0 aromatic heterocycles. The number of aryl methyl sites for hydroxylation is 2. The Hall–Kier alpha value is -2.62. The number of nitrogens with one attached hydrogen (secondary N) is 2. The van der Waals surface area contributed by atoms with Crippen LogP contribution in [0.2, 0.25) is 0 Å². The van der Waals surface area contributed by atoms with E-state index in [2.05, 4.69) is 23.6 Å². The molecule has 0 unspecified atom stereocenters. The van der Waals surface area contributed by atoms with Crippen LogP contribution in [-0.2, 0) is 22.4 Å². The number of benzene rings is 2. The molecular formula is C19H22N2O2. The van der Waals surface area contributed by atoms with Crippen LogP contribution in [0, 0.1) is 6.92 Å². The van der Waals surface area contributed by atoms with Crippen LogP contribution in [0.1, 0.15) is 23.6 Å². The van der Waals surface area contributed by atoms with E-state index >= 15 is 0 Å². The van der Waals surface area contributed by atoms with Crippen molar-refractivity contribution in [2.75, 3.05) is 11.9 Å². The highest BCUT2D eigenvalue weighted by atomic mass is 16.2. The van der Waals surface area contributed by atoms with Gasteiger partial charge in [-0.1, -0.05) is 48.9 Å². The average molecular weight is 310 g/mol. The van der Waals surface area contributed by atoms with E-state index in [-0.39, 0.29) is 0 Å². The molecule has 0 atom stereocenters. The zero-order chi connectivity index (χ0) is 16.7. The topological polar surface area (TPSA) is 58.2 Å². The molecule has 0 saturated carbocycles. The van der Waals surface area contributed by atoms with Crippen LogP contribution in [0.15, 0.2) is 48.5 Å². The molecule has 0 heterocycles. The molecule has 0 aliphatic heterocycles. The molecule has 2 amide bonds. The fourth-order valence-corrected chi connectivity index (χ4v) is 2.28. The van der Waals surface area contributed by atoms with E-state index in [1.54, 1.807) is 12.1 Å². The lowest BCUT2D eigenvalue weighted by Crippen LogP contribution is -2.36. The Morgan fingerprint density at radius 1 is 0.957 bits per heavy atom. The molecule has 4 heteroatoms. The predicted octanol–water partition coefficient (Wildman–Crippen LogP) is 2.85. The van der Waals surface area contributed by atoms with Gasteiger partial charge in [-0.05, 0) is 43.0 Å². The molecule has 0 fully saturated rings. The Kier molecular flexibility index (Phi) is 5.92. The standard InChI is InChI=1S/C19H22N2O2/c1-3-15-7-9-17(10-8-15)21-19(23)18(22)20-12-11-16-6-4-5-14(2)13-16/h4-10,13H,3,11-12H2,1-2H3,(H,20,22)(H,21,23). The number of rotatable bonds is 5. The summed E-state index contributed by atoms with van der Waals surface area (Å²) in [6.45, 7) is 4.53. The second kappa shape index (κ2) is 8.13. The Bertz CT molecular complexity index is 678. The van der Waals surface area contributed by atoms with Crippen molar-refractivity contribution in [3.63, 3.8) is 0 Å². The van der Waals surface area contributed by atoms with Crippen LogP contribution in [0.3, 0.4) is 0 Å². The first-order valence-corrected chi connectivity index (χ1v) is 7.82. The predicted molar refractivity (Wildman–Crippen MR) is 92.3 cm³/mol. The molecule has 2 aromatic rings. The van der Waals surface area contributed by atoms with E-state index in [1.807, 2.05) is 37.3 Å². The second-order valence-corrected chi connectivity index (χ2v) is 5.50. The van der Waals surface area contributed by atoms with E-state index in [9.17, 15) is 9.59 Å². The molecule has 0 aliphatic rings. The maximum Gasteiger partial charge on any atom is 0.313 e. The van der Waals surface area contributed by atoms with E-state index in [4.69, 9.17) is 0 Å². The molecule has 0 bridgehead atoms. The van der Waals surface area contributed by atoms with Gasteiger partial charge in [-0.15, -0.1) is 0 Å². The molecule has 120 valence electrons. The summed E-state index contributed by atoms with van der Waals surface area (Å²) in [4.78, 5) is 23.6. The number of carbonyl (C=O) groups excluding carboxylic acids is 2. The monoisotopic (exact) mass is 310 g/mol. The Labute approximate surface area is 136 Å². The third-order valence-corrected chi connectivity index (χ3v) is 3.61. The maximum atomic E-state index is 11.8. The lowest BCUT2D eigenvalue weighted by atomic mass is 10.1. The van der Waals surface area contributed by atoms with Crippen molar-refractivity contribution in [2.24, 2.45) is 0 Å². The summed E-state index contributed by atoms with van der Waals surface area (Å²) in [6.07, 6.45) is 1.64. The van der Waals surface area contributed by atoms with Gasteiger partial charge in [0.05, 0.1) is 0 Å². The maximum absolute atomic E-state index is 11.8. The fraction of sp³-hybridized carbons (Fsp3) is 0.263. The van der Waals surface area contributed by atoms with Crippen LogP contribution in [0.5, 0.6) is 0 Å². The Morgan fingerprint density at radius 2 is 1.70 bits per heavy atom. The first-order valence-electron chi connectivity index (χ1n) is 7.82. The van der Waals surface area contributed by atoms with E-state index in [0.717, 1.165) is 12.0 Å². The molecule has 0 aliphatic carbocycles. The van der Waals surface area contributed by atoms with Crippen LogP contribution in [0.25, 0.3) is 0 Å². The molecular weight excluding hydrogens is 288 g/mol. The van der Waals surface area contributed by atoms with Crippen LogP contribution in [-0.4, -0.2) is 18.4 Å². The van der Waals surface area contributed by atoms with Crippen molar-refractivity contribution in [3.05, 3.63) is 65.2 Å². The first kappa shape index (κ1) is 16.7. The van der Waals surface area contributed by atoms with Gasteiger partial charge in [0.25, 0.3) is 0 Å². The van der Waals surface area contributed by atoms with Gasteiger partial charge in [0.1, 0.15) is 0 Å². The highest BCUT2D eigenvalue weighted by molar-refractivity contribution is 6.39. The molecule has 2 N–H and O–H groups in total. The van der Waals surface area contributed by atoms with E-state index in [0.29, 0.717) is 18.7 Å². The number of carbonyl (C=O) groups is 2. The largest absolute Gasteiger partial charge is 0.347 e. The first-order chi connectivity index (χ1) is 11.1. The second-order valence-electron chi connectivity index (χ2n) is 5.50. The van der Waals surface area contributed by atoms with Gasteiger partial charge in [-0.2, -0.15) is 0 Å². The molecule has 2 rings (SSSR count). The van der Waals surface area contributed by atoms with Gasteiger partial charge in [-0.25, -0.2) is 0 Å². The summed E-state index contributed by atoms with van der Waals surface area (Å²) in [5.41, 5.74) is 4.13. The van der Waals surface area contributed by atoms with Crippen molar-refractivity contribution >= 4 is 17.5 Å². The average Bonchev–Trinajstić information content (AvgIpc) is 2.55. The van der Waals surface area contributed by atoms with Crippen molar-refractivity contribution in [2.45, 2.75) is 26.7 Å². The molecule has 23 heavy (non-hydrogen) atoms. The fourth-order valence-electron chi connectivity index (χ4n) is 2.28. The van der Waals surface area contributed by atoms with Gasteiger partial charge in [0, 0.05) is 12.2 Å². The van der Waals surface area contributed by atoms with Gasteiger partial charge in [-0.3, -0.25) is 9.59 Å². The van der Waals surface area contributed by atoms with Gasteiger partial charge >= 0.3 is 11.8 Å². The van der Waals surface area contributed by atoms with Gasteiger partial charge in [0.2, 0.25) is 0 Å². The van der Waals surface area contributed by atoms with E-state index < -0.39 is 11.8 Å². The van der Waals surface area contributed by atoms with Crippen LogP contribution < -0.4 is 10.6 Å². The summed E-state index contributed by atoms with van der Waals surface area (Å²) >= 11 is 0. The Morgan fingerprint density at radius 3 is 2.35 bits per heavy atom. The lowest BCUT2D eigenvalue weighted by molar-refractivity contribution is -0.136. The normalized spacial score (nSPS) is 10.2. The molecule has 0 radical (unpaired) electrons. The van der Waals surface area contributed by atoms with Crippen molar-refractivity contribution in [1.29, 1.82) is 0 Å². The highest BCUT2D eigenvalue weighted by Gasteiger charge is 2.12. The third kappa shape index (κ3) is 5.25. The molecule has 2 aromatic carbocycles. The Balaban J connectivity index is 1.79. The smallest absolute Gasteiger partial charge is 0.313 e. The minimum absolute atomic E-state index is 0.435. The number of hydrogen-bond donors (Lipinski definition) is 2.